The Morgan fingerprint density at radius 2 is 1.81 bits per heavy atom. The number of aromatic nitrogens is 3. The maximum absolute atomic E-state index is 12.6. The fraction of sp³-hybridized carbons (Fsp3) is 0.320. The SMILES string of the molecule is Cc1nn(-c2ccccc2)c(C)c1/C=C/C(=O)OCC(=O)c1cc(C)n(C2CC2)c1C. The third-order valence-electron chi connectivity index (χ3n) is 5.78. The van der Waals surface area contributed by atoms with Crippen molar-refractivity contribution >= 4 is 17.8 Å². The molecule has 1 saturated carbocycles. The molecule has 1 aliphatic rings. The molecule has 0 radical (unpaired) electrons. The summed E-state index contributed by atoms with van der Waals surface area (Å²) >= 11 is 0. The minimum absolute atomic E-state index is 0.175. The standard InChI is InChI=1S/C25H27N3O3/c1-16-14-23(18(3)27(16)20-10-11-20)24(29)15-31-25(30)13-12-22-17(2)26-28(19(22)4)21-8-6-5-7-9-21/h5-9,12-14,20H,10-11,15H2,1-4H3/b13-12+. The Kier molecular flexibility index (Phi) is 5.63. The summed E-state index contributed by atoms with van der Waals surface area (Å²) < 4.78 is 9.28. The average molecular weight is 418 g/mol. The highest BCUT2D eigenvalue weighted by atomic mass is 16.5. The zero-order valence-electron chi connectivity index (χ0n) is 18.4. The Morgan fingerprint density at radius 1 is 1.10 bits per heavy atom. The maximum atomic E-state index is 12.6. The van der Waals surface area contributed by atoms with E-state index >= 15 is 0 Å². The Morgan fingerprint density at radius 3 is 2.48 bits per heavy atom. The van der Waals surface area contributed by atoms with E-state index in [0.29, 0.717) is 11.6 Å². The number of rotatable bonds is 7. The number of carbonyl (C=O) groups excluding carboxylic acids is 2. The topological polar surface area (TPSA) is 66.1 Å². The third-order valence-corrected chi connectivity index (χ3v) is 5.78. The minimum atomic E-state index is -0.546. The van der Waals surface area contributed by atoms with Crippen molar-refractivity contribution in [2.75, 3.05) is 6.61 Å². The Hall–Kier alpha value is -3.41. The molecule has 0 atom stereocenters. The molecular weight excluding hydrogens is 390 g/mol. The zero-order chi connectivity index (χ0) is 22.1. The second kappa shape index (κ2) is 8.38. The Balaban J connectivity index is 1.41. The van der Waals surface area contributed by atoms with Gasteiger partial charge in [-0.15, -0.1) is 0 Å². The highest BCUT2D eigenvalue weighted by molar-refractivity contribution is 6.00. The van der Waals surface area contributed by atoms with Gasteiger partial charge in [-0.2, -0.15) is 5.10 Å². The number of benzene rings is 1. The van der Waals surface area contributed by atoms with E-state index in [0.717, 1.165) is 46.9 Å². The first-order valence-corrected chi connectivity index (χ1v) is 10.5. The predicted molar refractivity (Wildman–Crippen MR) is 120 cm³/mol. The number of hydrogen-bond donors (Lipinski definition) is 0. The first-order valence-electron chi connectivity index (χ1n) is 10.5. The Labute approximate surface area is 182 Å². The average Bonchev–Trinajstić information content (AvgIpc) is 3.48. The normalized spacial score (nSPS) is 13.7. The lowest BCUT2D eigenvalue weighted by molar-refractivity contribution is -0.136. The number of ketones is 1. The van der Waals surface area contributed by atoms with Crippen LogP contribution in [0.2, 0.25) is 0 Å². The minimum Gasteiger partial charge on any atom is -0.454 e. The number of nitrogens with zero attached hydrogens (tertiary/aromatic N) is 3. The molecule has 0 saturated heterocycles. The summed E-state index contributed by atoms with van der Waals surface area (Å²) in [6, 6.07) is 12.2. The monoisotopic (exact) mass is 417 g/mol. The zero-order valence-corrected chi connectivity index (χ0v) is 18.4. The van der Waals surface area contributed by atoms with E-state index in [1.54, 1.807) is 6.08 Å². The van der Waals surface area contributed by atoms with Crippen LogP contribution in [0.25, 0.3) is 11.8 Å². The summed E-state index contributed by atoms with van der Waals surface area (Å²) in [6.45, 7) is 7.56. The van der Waals surface area contributed by atoms with E-state index in [-0.39, 0.29) is 12.4 Å². The summed E-state index contributed by atoms with van der Waals surface area (Å²) in [7, 11) is 0. The van der Waals surface area contributed by atoms with Gasteiger partial charge >= 0.3 is 5.97 Å². The van der Waals surface area contributed by atoms with Crippen molar-refractivity contribution in [3.05, 3.63) is 76.4 Å². The molecule has 160 valence electrons. The van der Waals surface area contributed by atoms with Crippen molar-refractivity contribution in [1.82, 2.24) is 14.3 Å². The van der Waals surface area contributed by atoms with Crippen molar-refractivity contribution in [1.29, 1.82) is 0 Å². The van der Waals surface area contributed by atoms with Crippen molar-refractivity contribution in [3.8, 4) is 5.69 Å². The summed E-state index contributed by atoms with van der Waals surface area (Å²) in [5.41, 5.74) is 6.23. The van der Waals surface area contributed by atoms with Crippen LogP contribution in [0.15, 0.2) is 42.5 Å². The first-order chi connectivity index (χ1) is 14.9. The van der Waals surface area contributed by atoms with Crippen LogP contribution >= 0.6 is 0 Å². The van der Waals surface area contributed by atoms with Gasteiger partial charge in [-0.05, 0) is 64.8 Å². The molecule has 2 heterocycles. The highest BCUT2D eigenvalue weighted by Crippen LogP contribution is 2.38. The second-order valence-corrected chi connectivity index (χ2v) is 8.08. The van der Waals surface area contributed by atoms with Crippen LogP contribution in [0.1, 0.15) is 57.6 Å². The number of Topliss-reactive ketones (excluding diaryl/α,β-unsaturated/α-hetero) is 1. The lowest BCUT2D eigenvalue weighted by atomic mass is 10.1. The molecule has 2 aromatic heterocycles. The fourth-order valence-corrected chi connectivity index (χ4v) is 4.08. The van der Waals surface area contributed by atoms with Gasteiger partial charge in [0.05, 0.1) is 11.4 Å². The van der Waals surface area contributed by atoms with Crippen LogP contribution in [0.3, 0.4) is 0 Å². The lowest BCUT2D eigenvalue weighted by Gasteiger charge is -2.07. The second-order valence-electron chi connectivity index (χ2n) is 8.08. The fourth-order valence-electron chi connectivity index (χ4n) is 4.08. The van der Waals surface area contributed by atoms with Crippen molar-refractivity contribution < 1.29 is 14.3 Å². The third kappa shape index (κ3) is 4.24. The number of esters is 1. The molecule has 0 amide bonds. The summed E-state index contributed by atoms with van der Waals surface area (Å²) in [6.07, 6.45) is 5.36. The molecule has 1 fully saturated rings. The summed E-state index contributed by atoms with van der Waals surface area (Å²) in [4.78, 5) is 24.8. The largest absolute Gasteiger partial charge is 0.454 e. The first kappa shape index (κ1) is 20.8. The van der Waals surface area contributed by atoms with Gasteiger partial charge in [-0.25, -0.2) is 9.48 Å². The molecule has 6 heteroatoms. The number of carbonyl (C=O) groups is 2. The summed E-state index contributed by atoms with van der Waals surface area (Å²) in [5.74, 6) is -0.721. The van der Waals surface area contributed by atoms with E-state index < -0.39 is 5.97 Å². The van der Waals surface area contributed by atoms with E-state index in [1.165, 1.54) is 6.08 Å². The van der Waals surface area contributed by atoms with E-state index in [4.69, 9.17) is 4.74 Å². The molecule has 1 aliphatic carbocycles. The quantitative estimate of drug-likeness (QED) is 0.318. The van der Waals surface area contributed by atoms with E-state index in [1.807, 2.05) is 68.8 Å². The Bertz CT molecular complexity index is 1160. The van der Waals surface area contributed by atoms with Crippen LogP contribution in [-0.4, -0.2) is 32.7 Å². The van der Waals surface area contributed by atoms with Gasteiger partial charge in [0.15, 0.2) is 6.61 Å². The van der Waals surface area contributed by atoms with Crippen LogP contribution in [0.5, 0.6) is 0 Å². The predicted octanol–water partition coefficient (Wildman–Crippen LogP) is 4.68. The number of hydrogen-bond acceptors (Lipinski definition) is 4. The number of para-hydroxylation sites is 1. The number of aryl methyl sites for hydroxylation is 2. The van der Waals surface area contributed by atoms with Gasteiger partial charge < -0.3 is 9.30 Å². The molecule has 0 bridgehead atoms. The van der Waals surface area contributed by atoms with E-state index in [9.17, 15) is 9.59 Å². The smallest absolute Gasteiger partial charge is 0.331 e. The molecule has 4 rings (SSSR count). The molecule has 0 aliphatic heterocycles. The van der Waals surface area contributed by atoms with Gasteiger partial charge in [0.25, 0.3) is 0 Å². The van der Waals surface area contributed by atoms with Crippen molar-refractivity contribution in [2.45, 2.75) is 46.6 Å². The molecule has 6 nitrogen and oxygen atoms in total. The summed E-state index contributed by atoms with van der Waals surface area (Å²) in [5, 5.41) is 4.57. The van der Waals surface area contributed by atoms with Crippen LogP contribution in [0, 0.1) is 27.7 Å². The highest BCUT2D eigenvalue weighted by Gasteiger charge is 2.28. The lowest BCUT2D eigenvalue weighted by Crippen LogP contribution is -2.13. The van der Waals surface area contributed by atoms with E-state index in [2.05, 4.69) is 9.67 Å². The van der Waals surface area contributed by atoms with Gasteiger partial charge in [0, 0.05) is 40.3 Å². The van der Waals surface area contributed by atoms with Gasteiger partial charge in [-0.1, -0.05) is 18.2 Å². The van der Waals surface area contributed by atoms with Gasteiger partial charge in [0.2, 0.25) is 5.78 Å². The maximum Gasteiger partial charge on any atom is 0.331 e. The van der Waals surface area contributed by atoms with Crippen LogP contribution in [-0.2, 0) is 9.53 Å². The molecule has 0 N–H and O–H groups in total. The van der Waals surface area contributed by atoms with Crippen LogP contribution in [0.4, 0.5) is 0 Å². The molecule has 31 heavy (non-hydrogen) atoms. The van der Waals surface area contributed by atoms with Gasteiger partial charge in [-0.3, -0.25) is 4.79 Å². The molecule has 1 aromatic carbocycles. The van der Waals surface area contributed by atoms with Crippen LogP contribution < -0.4 is 0 Å². The van der Waals surface area contributed by atoms with Crippen molar-refractivity contribution in [2.24, 2.45) is 0 Å². The number of ether oxygens (including phenoxy) is 1. The van der Waals surface area contributed by atoms with Crippen molar-refractivity contribution in [3.63, 3.8) is 0 Å². The van der Waals surface area contributed by atoms with Gasteiger partial charge in [0.1, 0.15) is 0 Å². The molecule has 3 aromatic rings. The molecule has 0 spiro atoms. The molecular formula is C25H27N3O3. The molecule has 0 unspecified atom stereocenters.